The number of nitrogens with one attached hydrogen (secondary N) is 1. The molecule has 6 heteroatoms. The van der Waals surface area contributed by atoms with E-state index >= 15 is 0 Å². The zero-order valence-electron chi connectivity index (χ0n) is 11.3. The van der Waals surface area contributed by atoms with Crippen LogP contribution in [0, 0.1) is 6.92 Å². The lowest BCUT2D eigenvalue weighted by Crippen LogP contribution is -2.36. The Kier molecular flexibility index (Phi) is 2.45. The summed E-state index contributed by atoms with van der Waals surface area (Å²) in [6.07, 6.45) is 3.08. The molecule has 1 aliphatic carbocycles. The first-order chi connectivity index (χ1) is 9.72. The molecular formula is C14H16N4O2. The summed E-state index contributed by atoms with van der Waals surface area (Å²) in [5.74, 6) is 1.28. The number of nitrogens with zero attached hydrogens (tertiary/aromatic N) is 3. The van der Waals surface area contributed by atoms with Crippen molar-refractivity contribution in [1.29, 1.82) is 0 Å². The summed E-state index contributed by atoms with van der Waals surface area (Å²) < 4.78 is 5.26. The molecule has 0 radical (unpaired) electrons. The number of rotatable bonds is 2. The fraction of sp³-hybridized carbons (Fsp3) is 0.500. The predicted molar refractivity (Wildman–Crippen MR) is 70.2 cm³/mol. The van der Waals surface area contributed by atoms with Crippen molar-refractivity contribution in [2.75, 3.05) is 6.54 Å². The van der Waals surface area contributed by atoms with Gasteiger partial charge in [0.1, 0.15) is 5.76 Å². The Morgan fingerprint density at radius 3 is 3.15 bits per heavy atom. The second-order valence-electron chi connectivity index (χ2n) is 5.64. The quantitative estimate of drug-likeness (QED) is 0.904. The van der Waals surface area contributed by atoms with Crippen molar-refractivity contribution in [3.63, 3.8) is 0 Å². The highest BCUT2D eigenvalue weighted by Gasteiger charge is 2.31. The molecule has 0 unspecified atom stereocenters. The van der Waals surface area contributed by atoms with Gasteiger partial charge in [-0.25, -0.2) is 0 Å². The van der Waals surface area contributed by atoms with Crippen LogP contribution < -0.4 is 0 Å². The smallest absolute Gasteiger partial charge is 0.276 e. The van der Waals surface area contributed by atoms with Crippen molar-refractivity contribution < 1.29 is 9.32 Å². The maximum Gasteiger partial charge on any atom is 0.276 e. The molecule has 3 heterocycles. The number of H-pyrrole nitrogens is 1. The van der Waals surface area contributed by atoms with Gasteiger partial charge in [-0.1, -0.05) is 5.16 Å². The first kappa shape index (κ1) is 11.7. The van der Waals surface area contributed by atoms with E-state index in [4.69, 9.17) is 4.52 Å². The molecule has 20 heavy (non-hydrogen) atoms. The maximum absolute atomic E-state index is 12.5. The van der Waals surface area contributed by atoms with Gasteiger partial charge in [0.05, 0.1) is 5.69 Å². The molecule has 2 aromatic heterocycles. The molecule has 6 nitrogen and oxygen atoms in total. The van der Waals surface area contributed by atoms with E-state index in [1.165, 1.54) is 0 Å². The summed E-state index contributed by atoms with van der Waals surface area (Å²) in [7, 11) is 0. The number of hydrogen-bond donors (Lipinski definition) is 1. The van der Waals surface area contributed by atoms with Crippen LogP contribution in [0.4, 0.5) is 0 Å². The van der Waals surface area contributed by atoms with Gasteiger partial charge in [0.2, 0.25) is 0 Å². The van der Waals surface area contributed by atoms with Crippen molar-refractivity contribution in [3.8, 4) is 0 Å². The fourth-order valence-corrected chi connectivity index (χ4v) is 2.72. The minimum Gasteiger partial charge on any atom is -0.360 e. The van der Waals surface area contributed by atoms with Crippen molar-refractivity contribution in [3.05, 3.63) is 34.5 Å². The van der Waals surface area contributed by atoms with Gasteiger partial charge in [0.15, 0.2) is 5.69 Å². The Hall–Kier alpha value is -2.11. The molecule has 104 valence electrons. The van der Waals surface area contributed by atoms with Crippen molar-refractivity contribution in [2.24, 2.45) is 0 Å². The summed E-state index contributed by atoms with van der Waals surface area (Å²) in [5.41, 5.74) is 3.67. The minimum absolute atomic E-state index is 0.0492. The van der Waals surface area contributed by atoms with Gasteiger partial charge in [-0.15, -0.1) is 0 Å². The Morgan fingerprint density at radius 2 is 2.35 bits per heavy atom. The van der Waals surface area contributed by atoms with Gasteiger partial charge in [-0.3, -0.25) is 9.89 Å². The molecule has 2 aromatic rings. The molecule has 0 aromatic carbocycles. The van der Waals surface area contributed by atoms with Crippen molar-refractivity contribution in [1.82, 2.24) is 20.3 Å². The topological polar surface area (TPSA) is 75.0 Å². The number of amides is 1. The third kappa shape index (κ3) is 1.83. The summed E-state index contributed by atoms with van der Waals surface area (Å²) in [6.45, 7) is 3.27. The summed E-state index contributed by atoms with van der Waals surface area (Å²) in [6, 6.07) is 1.80. The lowest BCUT2D eigenvalue weighted by atomic mass is 10.1. The Morgan fingerprint density at radius 1 is 1.50 bits per heavy atom. The van der Waals surface area contributed by atoms with E-state index < -0.39 is 0 Å². The van der Waals surface area contributed by atoms with Crippen LogP contribution >= 0.6 is 0 Å². The summed E-state index contributed by atoms with van der Waals surface area (Å²) in [4.78, 5) is 14.3. The number of aromatic nitrogens is 3. The highest BCUT2D eigenvalue weighted by atomic mass is 16.5. The zero-order chi connectivity index (χ0) is 13.7. The normalized spacial score (nSPS) is 18.1. The third-order valence-corrected chi connectivity index (χ3v) is 4.14. The van der Waals surface area contributed by atoms with Crippen LogP contribution in [0.1, 0.15) is 52.0 Å². The number of carbonyl (C=O) groups is 1. The van der Waals surface area contributed by atoms with Gasteiger partial charge in [-0.05, 0) is 19.8 Å². The highest BCUT2D eigenvalue weighted by molar-refractivity contribution is 5.92. The van der Waals surface area contributed by atoms with Crippen LogP contribution in [0.3, 0.4) is 0 Å². The molecule has 0 spiro atoms. The summed E-state index contributed by atoms with van der Waals surface area (Å²) in [5, 5.41) is 11.2. The van der Waals surface area contributed by atoms with E-state index in [1.807, 2.05) is 11.8 Å². The average molecular weight is 272 g/mol. The molecule has 1 saturated carbocycles. The second kappa shape index (κ2) is 4.19. The number of carbonyl (C=O) groups excluding carboxylic acids is 1. The summed E-state index contributed by atoms with van der Waals surface area (Å²) >= 11 is 0. The van der Waals surface area contributed by atoms with Gasteiger partial charge < -0.3 is 9.42 Å². The zero-order valence-corrected chi connectivity index (χ0v) is 11.3. The maximum atomic E-state index is 12.5. The molecule has 1 N–H and O–H groups in total. The van der Waals surface area contributed by atoms with E-state index in [0.717, 1.165) is 42.0 Å². The number of hydrogen-bond acceptors (Lipinski definition) is 4. The molecule has 1 amide bonds. The van der Waals surface area contributed by atoms with Gasteiger partial charge in [-0.2, -0.15) is 5.10 Å². The molecule has 1 aliphatic heterocycles. The largest absolute Gasteiger partial charge is 0.360 e. The highest BCUT2D eigenvalue weighted by Crippen LogP contribution is 2.40. The first-order valence-electron chi connectivity index (χ1n) is 7.01. The van der Waals surface area contributed by atoms with E-state index in [0.29, 0.717) is 24.7 Å². The van der Waals surface area contributed by atoms with E-state index in [1.54, 1.807) is 6.07 Å². The lowest BCUT2D eigenvalue weighted by molar-refractivity contribution is 0.0723. The van der Waals surface area contributed by atoms with Gasteiger partial charge in [0, 0.05) is 42.8 Å². The van der Waals surface area contributed by atoms with Crippen LogP contribution in [0.25, 0.3) is 0 Å². The molecule has 4 rings (SSSR count). The number of aromatic amines is 1. The van der Waals surface area contributed by atoms with Crippen LogP contribution in [-0.2, 0) is 13.0 Å². The van der Waals surface area contributed by atoms with Crippen LogP contribution in [0.2, 0.25) is 0 Å². The number of fused-ring (bicyclic) bond motifs is 1. The SMILES string of the molecule is Cc1[nH]nc2c1CN(C(=O)c1cc(C3CC3)on1)CC2. The van der Waals surface area contributed by atoms with Crippen LogP contribution in [0.15, 0.2) is 10.6 Å². The molecule has 0 atom stereocenters. The van der Waals surface area contributed by atoms with E-state index in [2.05, 4.69) is 15.4 Å². The van der Waals surface area contributed by atoms with E-state index in [-0.39, 0.29) is 5.91 Å². The molecular weight excluding hydrogens is 256 g/mol. The average Bonchev–Trinajstić information content (AvgIpc) is 3.09. The fourth-order valence-electron chi connectivity index (χ4n) is 2.72. The second-order valence-corrected chi connectivity index (χ2v) is 5.64. The minimum atomic E-state index is -0.0492. The van der Waals surface area contributed by atoms with Crippen LogP contribution in [0.5, 0.6) is 0 Å². The Labute approximate surface area is 116 Å². The molecule has 2 aliphatic rings. The predicted octanol–water partition coefficient (Wildman–Crippen LogP) is 1.78. The lowest BCUT2D eigenvalue weighted by Gasteiger charge is -2.25. The Balaban J connectivity index is 1.55. The molecule has 1 fully saturated rings. The monoisotopic (exact) mass is 272 g/mol. The van der Waals surface area contributed by atoms with E-state index in [9.17, 15) is 4.79 Å². The third-order valence-electron chi connectivity index (χ3n) is 4.14. The standard InChI is InChI=1S/C14H16N4O2/c1-8-10-7-18(5-4-11(10)16-15-8)14(19)12-6-13(20-17-12)9-2-3-9/h6,9H,2-5,7H2,1H3,(H,15,16). The van der Waals surface area contributed by atoms with Gasteiger partial charge >= 0.3 is 0 Å². The van der Waals surface area contributed by atoms with Gasteiger partial charge in [0.25, 0.3) is 5.91 Å². The van der Waals surface area contributed by atoms with Crippen molar-refractivity contribution >= 4 is 5.91 Å². The Bertz CT molecular complexity index is 669. The first-order valence-corrected chi connectivity index (χ1v) is 7.01. The van der Waals surface area contributed by atoms with Crippen LogP contribution in [-0.4, -0.2) is 32.7 Å². The molecule has 0 saturated heterocycles. The van der Waals surface area contributed by atoms with Crippen molar-refractivity contribution in [2.45, 2.75) is 38.6 Å². The molecule has 0 bridgehead atoms. The number of aryl methyl sites for hydroxylation is 1.